The molecular weight excluding hydrogens is 246 g/mol. The molecule has 0 aliphatic heterocycles. The maximum absolute atomic E-state index is 8.89. The highest BCUT2D eigenvalue weighted by atomic mass is 16.3. The van der Waals surface area contributed by atoms with E-state index >= 15 is 0 Å². The third kappa shape index (κ3) is 2.43. The van der Waals surface area contributed by atoms with Crippen LogP contribution in [0.3, 0.4) is 0 Å². The van der Waals surface area contributed by atoms with E-state index in [4.69, 9.17) is 10.8 Å². The molecule has 0 atom stereocenters. The Balaban J connectivity index is 2.61. The summed E-state index contributed by atoms with van der Waals surface area (Å²) >= 11 is 0. The molecule has 2 aromatic rings. The van der Waals surface area contributed by atoms with Crippen LogP contribution in [0.25, 0.3) is 11.3 Å². The van der Waals surface area contributed by atoms with Gasteiger partial charge in [0.2, 0.25) is 5.95 Å². The Morgan fingerprint density at radius 3 is 2.95 bits per heavy atom. The molecule has 19 heavy (non-hydrogen) atoms. The third-order valence-corrected chi connectivity index (χ3v) is 2.51. The average Bonchev–Trinajstić information content (AvgIpc) is 2.84. The molecule has 2 rings (SSSR count). The minimum absolute atomic E-state index is 0.00713. The van der Waals surface area contributed by atoms with E-state index in [2.05, 4.69) is 32.4 Å². The number of hydrogen-bond acceptors (Lipinski definition) is 7. The first-order valence-electron chi connectivity index (χ1n) is 5.96. The number of nitrogens with zero attached hydrogens (tertiary/aromatic N) is 4. The summed E-state index contributed by atoms with van der Waals surface area (Å²) in [5, 5.41) is 22.9. The van der Waals surface area contributed by atoms with Gasteiger partial charge in [-0.05, 0) is 6.92 Å². The van der Waals surface area contributed by atoms with Gasteiger partial charge in [0.05, 0.1) is 12.2 Å². The van der Waals surface area contributed by atoms with Gasteiger partial charge in [0, 0.05) is 18.8 Å². The molecule has 0 unspecified atom stereocenters. The SMILES string of the molecule is C=C(N)c1c(NCC)nc(NCCO)n2cnnc12. The van der Waals surface area contributed by atoms with Gasteiger partial charge in [0.15, 0.2) is 5.65 Å². The number of rotatable bonds is 6. The van der Waals surface area contributed by atoms with Crippen LogP contribution in [-0.2, 0) is 0 Å². The molecule has 102 valence electrons. The van der Waals surface area contributed by atoms with Gasteiger partial charge in [-0.25, -0.2) is 0 Å². The summed E-state index contributed by atoms with van der Waals surface area (Å²) in [5.41, 5.74) is 7.38. The van der Waals surface area contributed by atoms with Crippen molar-refractivity contribution in [3.05, 3.63) is 18.5 Å². The van der Waals surface area contributed by atoms with E-state index in [-0.39, 0.29) is 6.61 Å². The first-order valence-corrected chi connectivity index (χ1v) is 5.96. The molecule has 0 radical (unpaired) electrons. The zero-order valence-electron chi connectivity index (χ0n) is 10.7. The van der Waals surface area contributed by atoms with Gasteiger partial charge < -0.3 is 21.5 Å². The van der Waals surface area contributed by atoms with Crippen LogP contribution in [0.2, 0.25) is 0 Å². The number of anilines is 2. The molecule has 2 heterocycles. The van der Waals surface area contributed by atoms with Crippen LogP contribution >= 0.6 is 0 Å². The summed E-state index contributed by atoms with van der Waals surface area (Å²) in [6.45, 7) is 6.79. The molecule has 0 amide bonds. The maximum atomic E-state index is 8.89. The predicted molar refractivity (Wildman–Crippen MR) is 73.7 cm³/mol. The number of hydrogen-bond donors (Lipinski definition) is 4. The molecule has 2 aromatic heterocycles. The van der Waals surface area contributed by atoms with Gasteiger partial charge in [0.1, 0.15) is 12.1 Å². The Labute approximate surface area is 110 Å². The number of aromatic nitrogens is 4. The predicted octanol–water partition coefficient (Wildman–Crippen LogP) is -0.110. The van der Waals surface area contributed by atoms with E-state index in [1.807, 2.05) is 6.92 Å². The highest BCUT2D eigenvalue weighted by Crippen LogP contribution is 2.24. The normalized spacial score (nSPS) is 10.6. The fraction of sp³-hybridized carbons (Fsp3) is 0.364. The van der Waals surface area contributed by atoms with Crippen molar-refractivity contribution in [2.75, 3.05) is 30.3 Å². The van der Waals surface area contributed by atoms with Crippen LogP contribution in [0.4, 0.5) is 11.8 Å². The fourth-order valence-corrected chi connectivity index (χ4v) is 1.77. The Kier molecular flexibility index (Phi) is 3.81. The van der Waals surface area contributed by atoms with Crippen LogP contribution in [0.1, 0.15) is 12.5 Å². The second kappa shape index (κ2) is 5.53. The third-order valence-electron chi connectivity index (χ3n) is 2.51. The van der Waals surface area contributed by atoms with Crippen molar-refractivity contribution in [3.8, 4) is 0 Å². The largest absolute Gasteiger partial charge is 0.399 e. The summed E-state index contributed by atoms with van der Waals surface area (Å²) in [4.78, 5) is 4.43. The van der Waals surface area contributed by atoms with E-state index in [0.29, 0.717) is 41.8 Å². The van der Waals surface area contributed by atoms with Crippen LogP contribution in [0.15, 0.2) is 12.9 Å². The van der Waals surface area contributed by atoms with Crippen molar-refractivity contribution >= 4 is 23.1 Å². The Morgan fingerprint density at radius 1 is 1.53 bits per heavy atom. The quantitative estimate of drug-likeness (QED) is 0.575. The minimum atomic E-state index is 0.00713. The maximum Gasteiger partial charge on any atom is 0.212 e. The van der Waals surface area contributed by atoms with Crippen molar-refractivity contribution in [1.82, 2.24) is 19.6 Å². The second-order valence-electron chi connectivity index (χ2n) is 3.89. The van der Waals surface area contributed by atoms with E-state index < -0.39 is 0 Å². The van der Waals surface area contributed by atoms with Crippen LogP contribution in [-0.4, -0.2) is 44.4 Å². The molecule has 0 aliphatic rings. The molecule has 5 N–H and O–H groups in total. The minimum Gasteiger partial charge on any atom is -0.399 e. The monoisotopic (exact) mass is 263 g/mol. The van der Waals surface area contributed by atoms with Crippen molar-refractivity contribution in [2.24, 2.45) is 5.73 Å². The van der Waals surface area contributed by atoms with Crippen molar-refractivity contribution < 1.29 is 5.11 Å². The molecular formula is C11H17N7O. The summed E-state index contributed by atoms with van der Waals surface area (Å²) < 4.78 is 1.67. The lowest BCUT2D eigenvalue weighted by Gasteiger charge is -2.14. The molecule has 0 aromatic carbocycles. The van der Waals surface area contributed by atoms with Crippen LogP contribution in [0, 0.1) is 0 Å². The molecule has 8 heteroatoms. The summed E-state index contributed by atoms with van der Waals surface area (Å²) in [7, 11) is 0. The van der Waals surface area contributed by atoms with Gasteiger partial charge in [-0.3, -0.25) is 4.40 Å². The molecule has 0 saturated carbocycles. The van der Waals surface area contributed by atoms with Gasteiger partial charge in [-0.2, -0.15) is 4.98 Å². The van der Waals surface area contributed by atoms with Crippen molar-refractivity contribution in [3.63, 3.8) is 0 Å². The number of nitrogens with one attached hydrogen (secondary N) is 2. The number of fused-ring (bicyclic) bond motifs is 1. The molecule has 0 fully saturated rings. The van der Waals surface area contributed by atoms with Gasteiger partial charge >= 0.3 is 0 Å². The summed E-state index contributed by atoms with van der Waals surface area (Å²) in [6, 6.07) is 0. The molecule has 0 bridgehead atoms. The smallest absolute Gasteiger partial charge is 0.212 e. The Hall–Kier alpha value is -2.35. The van der Waals surface area contributed by atoms with Crippen LogP contribution < -0.4 is 16.4 Å². The Morgan fingerprint density at radius 2 is 2.32 bits per heavy atom. The van der Waals surface area contributed by atoms with Gasteiger partial charge in [-0.15, -0.1) is 10.2 Å². The van der Waals surface area contributed by atoms with E-state index in [1.165, 1.54) is 6.33 Å². The zero-order valence-corrected chi connectivity index (χ0v) is 10.7. The first-order chi connectivity index (χ1) is 9.19. The average molecular weight is 263 g/mol. The fourth-order valence-electron chi connectivity index (χ4n) is 1.77. The summed E-state index contributed by atoms with van der Waals surface area (Å²) in [5.74, 6) is 1.13. The van der Waals surface area contributed by atoms with Crippen molar-refractivity contribution in [2.45, 2.75) is 6.92 Å². The lowest BCUT2D eigenvalue weighted by atomic mass is 10.2. The van der Waals surface area contributed by atoms with Gasteiger partial charge in [0.25, 0.3) is 0 Å². The highest BCUT2D eigenvalue weighted by Gasteiger charge is 2.16. The van der Waals surface area contributed by atoms with E-state index in [0.717, 1.165) is 0 Å². The number of nitrogens with two attached hydrogens (primary N) is 1. The second-order valence-corrected chi connectivity index (χ2v) is 3.89. The number of aliphatic hydroxyl groups is 1. The number of aliphatic hydroxyl groups excluding tert-OH is 1. The molecule has 8 nitrogen and oxygen atoms in total. The molecule has 0 spiro atoms. The lowest BCUT2D eigenvalue weighted by Crippen LogP contribution is -2.15. The molecule has 0 saturated heterocycles. The zero-order chi connectivity index (χ0) is 13.8. The standard InChI is InChI=1S/C11H17N7O/c1-3-13-9-8(7(2)12)10-17-15-6-18(10)11(16-9)14-4-5-19/h6,13,19H,2-5,12H2,1H3,(H,14,16). The van der Waals surface area contributed by atoms with E-state index in [1.54, 1.807) is 4.40 Å². The molecule has 0 aliphatic carbocycles. The topological polar surface area (TPSA) is 113 Å². The Bertz CT molecular complexity index is 592. The highest BCUT2D eigenvalue weighted by molar-refractivity contribution is 5.82. The van der Waals surface area contributed by atoms with Crippen LogP contribution in [0.5, 0.6) is 0 Å². The summed E-state index contributed by atoms with van der Waals surface area (Å²) in [6.07, 6.45) is 1.53. The lowest BCUT2D eigenvalue weighted by molar-refractivity contribution is 0.310. The van der Waals surface area contributed by atoms with Crippen molar-refractivity contribution in [1.29, 1.82) is 0 Å². The van der Waals surface area contributed by atoms with E-state index in [9.17, 15) is 0 Å². The van der Waals surface area contributed by atoms with Gasteiger partial charge in [-0.1, -0.05) is 6.58 Å². The first kappa shape index (κ1) is 13.1.